The second-order valence-corrected chi connectivity index (χ2v) is 10.2. The summed E-state index contributed by atoms with van der Waals surface area (Å²) < 4.78 is 22.0. The minimum Gasteiger partial charge on any atom is -0.507 e. The number of carbonyl (C=O) groups is 1. The zero-order chi connectivity index (χ0) is 18.9. The molecular formula is C18H29O5P. The number of benzene rings is 1. The highest BCUT2D eigenvalue weighted by atomic mass is 31.2. The van der Waals surface area contributed by atoms with E-state index in [1.807, 2.05) is 41.5 Å². The van der Waals surface area contributed by atoms with Crippen LogP contribution in [0.25, 0.3) is 0 Å². The summed E-state index contributed by atoms with van der Waals surface area (Å²) in [5, 5.41) is 10.7. The van der Waals surface area contributed by atoms with Crippen molar-refractivity contribution in [1.82, 2.24) is 0 Å². The summed E-state index contributed by atoms with van der Waals surface area (Å²) in [6, 6.07) is 3.34. The molecule has 0 aromatic heterocycles. The number of Topliss-reactive ketones (excluding diaryl/α,β-unsaturated/α-hetero) is 1. The topological polar surface area (TPSA) is 72.8 Å². The highest BCUT2D eigenvalue weighted by Gasteiger charge is 2.31. The van der Waals surface area contributed by atoms with Crippen molar-refractivity contribution < 1.29 is 23.5 Å². The SMILES string of the molecule is COP(=O)(CC(=O)c1cc(C(C)(C)C)c(O)c(C(C)(C)C)c1)OC. The summed E-state index contributed by atoms with van der Waals surface area (Å²) in [4.78, 5) is 12.6. The van der Waals surface area contributed by atoms with Crippen LogP contribution in [0, 0.1) is 0 Å². The van der Waals surface area contributed by atoms with Crippen LogP contribution < -0.4 is 0 Å². The van der Waals surface area contributed by atoms with Crippen molar-refractivity contribution in [3.63, 3.8) is 0 Å². The molecule has 0 heterocycles. The normalized spacial score (nSPS) is 13.2. The molecule has 0 bridgehead atoms. The molecule has 24 heavy (non-hydrogen) atoms. The third-order valence-corrected chi connectivity index (χ3v) is 5.73. The molecule has 0 aliphatic carbocycles. The van der Waals surface area contributed by atoms with E-state index in [1.54, 1.807) is 12.1 Å². The van der Waals surface area contributed by atoms with Gasteiger partial charge in [0.15, 0.2) is 5.78 Å². The van der Waals surface area contributed by atoms with Gasteiger partial charge < -0.3 is 14.2 Å². The van der Waals surface area contributed by atoms with E-state index in [1.165, 1.54) is 14.2 Å². The van der Waals surface area contributed by atoms with Crippen molar-refractivity contribution in [2.45, 2.75) is 52.4 Å². The first-order valence-corrected chi connectivity index (χ1v) is 9.59. The molecule has 1 rings (SSSR count). The van der Waals surface area contributed by atoms with Crippen LogP contribution in [0.2, 0.25) is 0 Å². The predicted octanol–water partition coefficient (Wildman–Crippen LogP) is 4.66. The first kappa shape index (κ1) is 20.9. The molecule has 0 radical (unpaired) electrons. The predicted molar refractivity (Wildman–Crippen MR) is 96.3 cm³/mol. The number of hydrogen-bond donors (Lipinski definition) is 1. The van der Waals surface area contributed by atoms with E-state index in [-0.39, 0.29) is 28.5 Å². The van der Waals surface area contributed by atoms with E-state index in [0.717, 1.165) is 0 Å². The Labute approximate surface area is 144 Å². The number of carbonyl (C=O) groups excluding carboxylic acids is 1. The van der Waals surface area contributed by atoms with Gasteiger partial charge in [-0.25, -0.2) is 0 Å². The van der Waals surface area contributed by atoms with E-state index in [0.29, 0.717) is 16.7 Å². The second kappa shape index (κ2) is 6.99. The van der Waals surface area contributed by atoms with Crippen LogP contribution in [0.5, 0.6) is 5.75 Å². The Morgan fingerprint density at radius 2 is 1.38 bits per heavy atom. The Bertz CT molecular complexity index is 622. The zero-order valence-corrected chi connectivity index (χ0v) is 16.8. The van der Waals surface area contributed by atoms with Gasteiger partial charge in [0.1, 0.15) is 11.9 Å². The van der Waals surface area contributed by atoms with Gasteiger partial charge in [0, 0.05) is 30.9 Å². The number of aromatic hydroxyl groups is 1. The van der Waals surface area contributed by atoms with Crippen LogP contribution in [0.15, 0.2) is 12.1 Å². The lowest BCUT2D eigenvalue weighted by Gasteiger charge is -2.28. The summed E-state index contributed by atoms with van der Waals surface area (Å²) in [6.07, 6.45) is -0.335. The molecule has 0 atom stereocenters. The van der Waals surface area contributed by atoms with Crippen LogP contribution in [-0.2, 0) is 24.4 Å². The molecule has 0 unspecified atom stereocenters. The van der Waals surface area contributed by atoms with Crippen LogP contribution in [-0.4, -0.2) is 31.3 Å². The summed E-state index contributed by atoms with van der Waals surface area (Å²) >= 11 is 0. The zero-order valence-electron chi connectivity index (χ0n) is 15.9. The Morgan fingerprint density at radius 3 is 1.67 bits per heavy atom. The quantitative estimate of drug-likeness (QED) is 0.614. The van der Waals surface area contributed by atoms with Crippen molar-refractivity contribution in [2.75, 3.05) is 20.4 Å². The van der Waals surface area contributed by atoms with E-state index < -0.39 is 7.60 Å². The first-order chi connectivity index (χ1) is 10.7. The number of rotatable bonds is 5. The molecule has 0 fully saturated rings. The van der Waals surface area contributed by atoms with Gasteiger partial charge in [-0.1, -0.05) is 41.5 Å². The van der Waals surface area contributed by atoms with Crippen LogP contribution in [0.4, 0.5) is 0 Å². The molecule has 6 heteroatoms. The molecule has 0 aliphatic heterocycles. The third-order valence-electron chi connectivity index (χ3n) is 3.94. The van der Waals surface area contributed by atoms with Gasteiger partial charge in [0.25, 0.3) is 0 Å². The molecule has 136 valence electrons. The number of hydrogen-bond acceptors (Lipinski definition) is 5. The molecule has 1 N–H and O–H groups in total. The highest BCUT2D eigenvalue weighted by molar-refractivity contribution is 7.54. The smallest absolute Gasteiger partial charge is 0.337 e. The average molecular weight is 356 g/mol. The molecule has 1 aromatic rings. The van der Waals surface area contributed by atoms with Crippen LogP contribution in [0.1, 0.15) is 63.0 Å². The average Bonchev–Trinajstić information content (AvgIpc) is 2.44. The van der Waals surface area contributed by atoms with Crippen LogP contribution in [0.3, 0.4) is 0 Å². The van der Waals surface area contributed by atoms with E-state index in [9.17, 15) is 14.5 Å². The van der Waals surface area contributed by atoms with E-state index in [2.05, 4.69) is 0 Å². The third kappa shape index (κ3) is 4.69. The lowest BCUT2D eigenvalue weighted by molar-refractivity contribution is 0.101. The molecule has 5 nitrogen and oxygen atoms in total. The molecular weight excluding hydrogens is 327 g/mol. The first-order valence-electron chi connectivity index (χ1n) is 7.87. The second-order valence-electron chi connectivity index (χ2n) is 7.98. The molecule has 0 aliphatic rings. The Morgan fingerprint density at radius 1 is 1.00 bits per heavy atom. The molecule has 0 spiro atoms. The molecule has 0 saturated heterocycles. The summed E-state index contributed by atoms with van der Waals surface area (Å²) in [7, 11) is -0.919. The summed E-state index contributed by atoms with van der Waals surface area (Å²) in [5.74, 6) is -0.133. The Balaban J connectivity index is 3.50. The summed E-state index contributed by atoms with van der Waals surface area (Å²) in [5.41, 5.74) is 1.09. The van der Waals surface area contributed by atoms with E-state index >= 15 is 0 Å². The molecule has 0 amide bonds. The van der Waals surface area contributed by atoms with Gasteiger partial charge in [-0.05, 0) is 23.0 Å². The van der Waals surface area contributed by atoms with Gasteiger partial charge in [-0.15, -0.1) is 0 Å². The maximum Gasteiger partial charge on any atom is 0.337 e. The van der Waals surface area contributed by atoms with Gasteiger partial charge in [0.05, 0.1) is 0 Å². The fourth-order valence-electron chi connectivity index (χ4n) is 2.41. The van der Waals surface area contributed by atoms with Crippen molar-refractivity contribution in [2.24, 2.45) is 0 Å². The van der Waals surface area contributed by atoms with Crippen LogP contribution >= 0.6 is 7.60 Å². The largest absolute Gasteiger partial charge is 0.507 e. The molecule has 1 aromatic carbocycles. The van der Waals surface area contributed by atoms with Gasteiger partial charge in [-0.2, -0.15) is 0 Å². The lowest BCUT2D eigenvalue weighted by Crippen LogP contribution is -2.19. The standard InChI is InChI=1S/C18H29O5P/c1-17(2,3)13-9-12(10-14(16(13)20)18(4,5)6)15(19)11-24(21,22-7)23-8/h9-10,20H,11H2,1-8H3. The maximum atomic E-state index is 12.6. The van der Waals surface area contributed by atoms with Crippen molar-refractivity contribution in [3.05, 3.63) is 28.8 Å². The van der Waals surface area contributed by atoms with Gasteiger partial charge in [0.2, 0.25) is 0 Å². The monoisotopic (exact) mass is 356 g/mol. The fraction of sp³-hybridized carbons (Fsp3) is 0.611. The van der Waals surface area contributed by atoms with E-state index in [4.69, 9.17) is 9.05 Å². The minimum absolute atomic E-state index is 0.202. The number of phenols is 1. The maximum absolute atomic E-state index is 12.6. The Kier molecular flexibility index (Phi) is 6.08. The Hall–Kier alpha value is -1.16. The summed E-state index contributed by atoms with van der Waals surface area (Å²) in [6.45, 7) is 11.8. The minimum atomic E-state index is -3.44. The van der Waals surface area contributed by atoms with Crippen molar-refractivity contribution in [1.29, 1.82) is 0 Å². The fourth-order valence-corrected chi connectivity index (χ4v) is 3.35. The molecule has 0 saturated carbocycles. The van der Waals surface area contributed by atoms with Gasteiger partial charge >= 0.3 is 7.60 Å². The number of phenolic OH excluding ortho intramolecular Hbond substituents is 1. The highest BCUT2D eigenvalue weighted by Crippen LogP contribution is 2.47. The van der Waals surface area contributed by atoms with Gasteiger partial charge in [-0.3, -0.25) is 9.36 Å². The van der Waals surface area contributed by atoms with Crippen molar-refractivity contribution >= 4 is 13.4 Å². The van der Waals surface area contributed by atoms with Crippen molar-refractivity contribution in [3.8, 4) is 5.75 Å². The lowest BCUT2D eigenvalue weighted by atomic mass is 9.78. The number of ketones is 1.